The minimum atomic E-state index is -1.59. The van der Waals surface area contributed by atoms with Gasteiger partial charge in [0.2, 0.25) is 0 Å². The van der Waals surface area contributed by atoms with Crippen molar-refractivity contribution >= 4 is 18.9 Å². The summed E-state index contributed by atoms with van der Waals surface area (Å²) in [6, 6.07) is 0. The van der Waals surface area contributed by atoms with E-state index in [0.29, 0.717) is 0 Å². The molecular formula is C6H16LiNO5. The predicted octanol–water partition coefficient (Wildman–Crippen LogP) is -4.27. The van der Waals surface area contributed by atoms with Gasteiger partial charge in [0.25, 0.3) is 0 Å². The van der Waals surface area contributed by atoms with E-state index >= 15 is 0 Å². The zero-order valence-electron chi connectivity index (χ0n) is 6.54. The van der Waals surface area contributed by atoms with Crippen molar-refractivity contribution in [3.8, 4) is 0 Å². The summed E-state index contributed by atoms with van der Waals surface area (Å²) < 4.78 is 0. The molecule has 4 atom stereocenters. The van der Waals surface area contributed by atoms with Gasteiger partial charge in [-0.1, -0.05) is 0 Å². The van der Waals surface area contributed by atoms with E-state index in [2.05, 4.69) is 0 Å². The first-order valence-corrected chi connectivity index (χ1v) is 3.57. The fourth-order valence-corrected chi connectivity index (χ4v) is 0.703. The molecule has 13 heavy (non-hydrogen) atoms. The van der Waals surface area contributed by atoms with Gasteiger partial charge < -0.3 is 31.3 Å². The molecule has 0 aliphatic carbocycles. The first-order chi connectivity index (χ1) is 5.54. The van der Waals surface area contributed by atoms with Crippen molar-refractivity contribution < 1.29 is 25.5 Å². The van der Waals surface area contributed by atoms with Gasteiger partial charge in [0.1, 0.15) is 18.3 Å². The Bertz CT molecular complexity index is 114. The molecule has 7 N–H and O–H groups in total. The maximum absolute atomic E-state index is 9.04. The second-order valence-electron chi connectivity index (χ2n) is 2.53. The van der Waals surface area contributed by atoms with Gasteiger partial charge in [-0.15, -0.1) is 0 Å². The number of hydrogen-bond acceptors (Lipinski definition) is 6. The molecule has 0 rings (SSSR count). The van der Waals surface area contributed by atoms with Crippen molar-refractivity contribution in [2.45, 2.75) is 24.4 Å². The fourth-order valence-electron chi connectivity index (χ4n) is 0.703. The van der Waals surface area contributed by atoms with Gasteiger partial charge in [0.05, 0.1) is 12.7 Å². The molecule has 7 heteroatoms. The standard InChI is InChI=1S/C6H15NO5.Li.H/c7-1-3(9)5(11)6(12)4(10)2-8;;/h3-6,8-12H,1-2,7H2;;/t3-,4+,5+,6+;;/m0../s1. The van der Waals surface area contributed by atoms with Crippen molar-refractivity contribution in [2.75, 3.05) is 13.2 Å². The second kappa shape index (κ2) is 7.73. The molecule has 0 bridgehead atoms. The second-order valence-corrected chi connectivity index (χ2v) is 2.53. The maximum atomic E-state index is 9.04. The molecular weight excluding hydrogens is 173 g/mol. The summed E-state index contributed by atoms with van der Waals surface area (Å²) in [7, 11) is 0. The quantitative estimate of drug-likeness (QED) is 0.243. The number of nitrogens with two attached hydrogens (primary N) is 1. The molecule has 0 fully saturated rings. The van der Waals surface area contributed by atoms with Gasteiger partial charge in [-0.25, -0.2) is 0 Å². The van der Waals surface area contributed by atoms with Crippen LogP contribution in [0.2, 0.25) is 0 Å². The summed E-state index contributed by atoms with van der Waals surface area (Å²) in [4.78, 5) is 0. The molecule has 0 heterocycles. The molecule has 0 spiro atoms. The van der Waals surface area contributed by atoms with E-state index in [-0.39, 0.29) is 25.4 Å². The topological polar surface area (TPSA) is 127 Å². The van der Waals surface area contributed by atoms with Crippen LogP contribution in [0.1, 0.15) is 0 Å². The van der Waals surface area contributed by atoms with E-state index in [1.807, 2.05) is 0 Å². The zero-order valence-corrected chi connectivity index (χ0v) is 6.54. The molecule has 0 saturated carbocycles. The third-order valence-corrected chi connectivity index (χ3v) is 1.57. The van der Waals surface area contributed by atoms with E-state index < -0.39 is 31.0 Å². The SMILES string of the molecule is NC[C@H](O)[C@@H](O)[C@H](O)[C@H](O)CO.[LiH]. The van der Waals surface area contributed by atoms with Gasteiger partial charge in [-0.2, -0.15) is 0 Å². The first-order valence-electron chi connectivity index (χ1n) is 3.57. The average molecular weight is 189 g/mol. The molecule has 0 amide bonds. The van der Waals surface area contributed by atoms with E-state index in [1.54, 1.807) is 0 Å². The molecule has 0 radical (unpaired) electrons. The number of hydrogen-bond donors (Lipinski definition) is 6. The van der Waals surface area contributed by atoms with Crippen molar-refractivity contribution in [2.24, 2.45) is 5.73 Å². The van der Waals surface area contributed by atoms with Gasteiger partial charge in [-0.3, -0.25) is 0 Å². The van der Waals surface area contributed by atoms with E-state index in [0.717, 1.165) is 0 Å². The molecule has 0 aliphatic rings. The van der Waals surface area contributed by atoms with Gasteiger partial charge in [-0.05, 0) is 0 Å². The number of aliphatic hydroxyl groups is 5. The van der Waals surface area contributed by atoms with E-state index in [9.17, 15) is 0 Å². The van der Waals surface area contributed by atoms with Crippen LogP contribution in [-0.4, -0.2) is 82.0 Å². The van der Waals surface area contributed by atoms with Crippen LogP contribution in [0.3, 0.4) is 0 Å². The molecule has 0 aromatic rings. The van der Waals surface area contributed by atoms with Gasteiger partial charge >= 0.3 is 18.9 Å². The van der Waals surface area contributed by atoms with Crippen LogP contribution in [-0.2, 0) is 0 Å². The Morgan fingerprint density at radius 1 is 0.923 bits per heavy atom. The minimum absolute atomic E-state index is 0. The summed E-state index contributed by atoms with van der Waals surface area (Å²) in [5.74, 6) is 0. The molecule has 76 valence electrons. The number of rotatable bonds is 5. The van der Waals surface area contributed by atoms with Crippen LogP contribution in [0.25, 0.3) is 0 Å². The van der Waals surface area contributed by atoms with Crippen LogP contribution in [0, 0.1) is 0 Å². The van der Waals surface area contributed by atoms with Gasteiger partial charge in [0, 0.05) is 6.54 Å². The Hall–Kier alpha value is 0.357. The summed E-state index contributed by atoms with van der Waals surface area (Å²) in [6.45, 7) is -0.911. The predicted molar refractivity (Wildman–Crippen MR) is 47.3 cm³/mol. The molecule has 0 aromatic carbocycles. The Kier molecular flexibility index (Phi) is 9.41. The first kappa shape index (κ1) is 15.8. The molecule has 0 aromatic heterocycles. The Morgan fingerprint density at radius 3 is 1.62 bits per heavy atom. The summed E-state index contributed by atoms with van der Waals surface area (Å²) in [6.07, 6.45) is -5.91. The van der Waals surface area contributed by atoms with Crippen molar-refractivity contribution in [3.63, 3.8) is 0 Å². The number of aliphatic hydroxyl groups excluding tert-OH is 5. The molecule has 6 nitrogen and oxygen atoms in total. The molecule has 0 unspecified atom stereocenters. The van der Waals surface area contributed by atoms with Crippen LogP contribution in [0.4, 0.5) is 0 Å². The van der Waals surface area contributed by atoms with Gasteiger partial charge in [0.15, 0.2) is 0 Å². The van der Waals surface area contributed by atoms with E-state index in [4.69, 9.17) is 31.3 Å². The molecule has 0 saturated heterocycles. The van der Waals surface area contributed by atoms with Crippen molar-refractivity contribution in [1.29, 1.82) is 0 Å². The Morgan fingerprint density at radius 2 is 1.31 bits per heavy atom. The summed E-state index contributed by atoms with van der Waals surface area (Å²) in [5, 5.41) is 44.2. The van der Waals surface area contributed by atoms with Crippen molar-refractivity contribution in [3.05, 3.63) is 0 Å². The Labute approximate surface area is 88.2 Å². The summed E-state index contributed by atoms with van der Waals surface area (Å²) >= 11 is 0. The fraction of sp³-hybridized carbons (Fsp3) is 1.00. The van der Waals surface area contributed by atoms with Crippen LogP contribution in [0.15, 0.2) is 0 Å². The van der Waals surface area contributed by atoms with Crippen molar-refractivity contribution in [1.82, 2.24) is 0 Å². The normalized spacial score (nSPS) is 19.8. The average Bonchev–Trinajstić information content (AvgIpc) is 2.12. The molecule has 0 aliphatic heterocycles. The van der Waals surface area contributed by atoms with Crippen LogP contribution < -0.4 is 5.73 Å². The summed E-state index contributed by atoms with van der Waals surface area (Å²) in [5.41, 5.74) is 4.99. The van der Waals surface area contributed by atoms with E-state index in [1.165, 1.54) is 0 Å². The Balaban J connectivity index is 0. The van der Waals surface area contributed by atoms with Crippen LogP contribution >= 0.6 is 0 Å². The third kappa shape index (κ3) is 4.95. The zero-order chi connectivity index (χ0) is 9.72. The monoisotopic (exact) mass is 189 g/mol. The van der Waals surface area contributed by atoms with Crippen LogP contribution in [0.5, 0.6) is 0 Å². The third-order valence-electron chi connectivity index (χ3n) is 1.57.